The van der Waals surface area contributed by atoms with Crippen LogP contribution in [0.2, 0.25) is 0 Å². The smallest absolute Gasteiger partial charge is 0.316 e. The van der Waals surface area contributed by atoms with Crippen LogP contribution in [0.25, 0.3) is 0 Å². The number of benzene rings is 4. The fourth-order valence-corrected chi connectivity index (χ4v) is 5.74. The molecule has 0 amide bonds. The molecule has 0 bridgehead atoms. The van der Waals surface area contributed by atoms with Crippen molar-refractivity contribution in [1.82, 2.24) is 0 Å². The highest BCUT2D eigenvalue weighted by Gasteiger charge is 2.50. The van der Waals surface area contributed by atoms with Crippen LogP contribution in [0.3, 0.4) is 0 Å². The Morgan fingerprint density at radius 1 is 0.833 bits per heavy atom. The molecule has 1 aliphatic rings. The number of aryl methyl sites for hydroxylation is 1. The summed E-state index contributed by atoms with van der Waals surface area (Å²) in [6, 6.07) is 38.5. The van der Waals surface area contributed by atoms with E-state index in [0.717, 1.165) is 53.8 Å². The first kappa shape index (κ1) is 29.3. The van der Waals surface area contributed by atoms with Gasteiger partial charge < -0.3 is 14.2 Å². The molecule has 0 radical (unpaired) electrons. The molecule has 4 aromatic rings. The fraction of sp³-hybridized carbons (Fsp3) is 0.297. The first-order chi connectivity index (χ1) is 20.7. The Bertz CT molecular complexity index is 1400. The molecule has 1 fully saturated rings. The molecule has 0 aliphatic heterocycles. The summed E-state index contributed by atoms with van der Waals surface area (Å²) in [5.41, 5.74) is 4.51. The molecule has 1 aliphatic carbocycles. The third kappa shape index (κ3) is 7.34. The van der Waals surface area contributed by atoms with Crippen LogP contribution in [0.4, 0.5) is 0 Å². The van der Waals surface area contributed by atoms with E-state index in [2.05, 4.69) is 48.5 Å². The Balaban J connectivity index is 1.23. The number of ether oxygens (including phenoxy) is 3. The molecule has 1 unspecified atom stereocenters. The predicted molar refractivity (Wildman–Crippen MR) is 167 cm³/mol. The molecule has 216 valence electrons. The van der Waals surface area contributed by atoms with Gasteiger partial charge in [0.15, 0.2) is 0 Å². The lowest BCUT2D eigenvalue weighted by atomic mass is 9.83. The maximum Gasteiger partial charge on any atom is 0.316 e. The highest BCUT2D eigenvalue weighted by atomic mass is 16.5. The maximum absolute atomic E-state index is 13.3. The summed E-state index contributed by atoms with van der Waals surface area (Å²) >= 11 is 0. The van der Waals surface area contributed by atoms with Gasteiger partial charge in [0.2, 0.25) is 0 Å². The van der Waals surface area contributed by atoms with Gasteiger partial charge in [-0.2, -0.15) is 0 Å². The van der Waals surface area contributed by atoms with E-state index in [4.69, 9.17) is 19.2 Å². The molecular formula is C37H39NO4. The van der Waals surface area contributed by atoms with E-state index < -0.39 is 5.41 Å². The van der Waals surface area contributed by atoms with Gasteiger partial charge >= 0.3 is 5.97 Å². The minimum absolute atomic E-state index is 0.223. The van der Waals surface area contributed by atoms with Crippen molar-refractivity contribution in [3.8, 4) is 5.75 Å². The van der Waals surface area contributed by atoms with E-state index in [1.807, 2.05) is 66.7 Å². The van der Waals surface area contributed by atoms with Crippen LogP contribution >= 0.6 is 0 Å². The number of rotatable bonds is 13. The predicted octanol–water partition coefficient (Wildman–Crippen LogP) is 7.46. The molecule has 5 nitrogen and oxygen atoms in total. The SMILES string of the molecule is COC(=O)[C@@]1(COCCCc2cccc(OCc3ccccc3)c2)CCCC1N=C(c1ccccc1)c1ccccc1. The van der Waals surface area contributed by atoms with Gasteiger partial charge in [0.05, 0.1) is 25.5 Å². The lowest BCUT2D eigenvalue weighted by Gasteiger charge is -2.31. The summed E-state index contributed by atoms with van der Waals surface area (Å²) in [6.45, 7) is 1.39. The molecule has 42 heavy (non-hydrogen) atoms. The van der Waals surface area contributed by atoms with E-state index >= 15 is 0 Å². The van der Waals surface area contributed by atoms with Gasteiger partial charge in [-0.1, -0.05) is 103 Å². The van der Waals surface area contributed by atoms with Crippen LogP contribution in [0, 0.1) is 5.41 Å². The van der Waals surface area contributed by atoms with Crippen molar-refractivity contribution in [3.05, 3.63) is 138 Å². The number of carbonyl (C=O) groups excluding carboxylic acids is 1. The van der Waals surface area contributed by atoms with Crippen LogP contribution in [0.1, 0.15) is 47.9 Å². The molecule has 0 aromatic heterocycles. The van der Waals surface area contributed by atoms with E-state index in [9.17, 15) is 4.79 Å². The Hall–Kier alpha value is -4.22. The summed E-state index contributed by atoms with van der Waals surface area (Å²) in [5, 5.41) is 0. The summed E-state index contributed by atoms with van der Waals surface area (Å²) in [7, 11) is 1.46. The van der Waals surface area contributed by atoms with Gasteiger partial charge in [-0.25, -0.2) is 0 Å². The van der Waals surface area contributed by atoms with Crippen molar-refractivity contribution in [2.75, 3.05) is 20.3 Å². The summed E-state index contributed by atoms with van der Waals surface area (Å²) in [4.78, 5) is 18.6. The Morgan fingerprint density at radius 3 is 2.14 bits per heavy atom. The van der Waals surface area contributed by atoms with Crippen LogP contribution in [0.15, 0.2) is 120 Å². The van der Waals surface area contributed by atoms with Crippen molar-refractivity contribution in [2.45, 2.75) is 44.8 Å². The van der Waals surface area contributed by atoms with E-state index in [-0.39, 0.29) is 12.0 Å². The molecule has 0 heterocycles. The van der Waals surface area contributed by atoms with Crippen LogP contribution in [-0.4, -0.2) is 38.0 Å². The molecule has 0 spiro atoms. The molecule has 5 heteroatoms. The second kappa shape index (κ2) is 14.6. The summed E-state index contributed by atoms with van der Waals surface area (Å²) in [5.74, 6) is 0.624. The van der Waals surface area contributed by atoms with Crippen molar-refractivity contribution in [1.29, 1.82) is 0 Å². The number of nitrogens with zero attached hydrogens (tertiary/aromatic N) is 1. The number of hydrogen-bond acceptors (Lipinski definition) is 5. The third-order valence-corrected chi connectivity index (χ3v) is 7.97. The molecule has 0 saturated heterocycles. The zero-order valence-corrected chi connectivity index (χ0v) is 24.3. The van der Waals surface area contributed by atoms with Gasteiger partial charge in [-0.3, -0.25) is 9.79 Å². The first-order valence-electron chi connectivity index (χ1n) is 14.8. The topological polar surface area (TPSA) is 57.1 Å². The number of esters is 1. The highest BCUT2D eigenvalue weighted by molar-refractivity contribution is 6.13. The monoisotopic (exact) mass is 561 g/mol. The summed E-state index contributed by atoms with van der Waals surface area (Å²) < 4.78 is 17.6. The van der Waals surface area contributed by atoms with Crippen LogP contribution < -0.4 is 4.74 Å². The molecule has 0 N–H and O–H groups in total. The lowest BCUT2D eigenvalue weighted by molar-refractivity contribution is -0.157. The quantitative estimate of drug-likeness (QED) is 0.0966. The zero-order valence-electron chi connectivity index (χ0n) is 24.3. The second-order valence-corrected chi connectivity index (χ2v) is 10.8. The van der Waals surface area contributed by atoms with Gasteiger partial charge in [-0.15, -0.1) is 0 Å². The molecule has 2 atom stereocenters. The van der Waals surface area contributed by atoms with E-state index in [1.54, 1.807) is 0 Å². The highest BCUT2D eigenvalue weighted by Crippen LogP contribution is 2.42. The van der Waals surface area contributed by atoms with Gasteiger partial charge in [-0.05, 0) is 55.4 Å². The average Bonchev–Trinajstić information content (AvgIpc) is 3.46. The normalized spacial score (nSPS) is 17.9. The Morgan fingerprint density at radius 2 is 1.48 bits per heavy atom. The van der Waals surface area contributed by atoms with E-state index in [1.165, 1.54) is 12.7 Å². The van der Waals surface area contributed by atoms with Crippen LogP contribution in [0.5, 0.6) is 5.75 Å². The number of methoxy groups -OCH3 is 1. The van der Waals surface area contributed by atoms with Crippen LogP contribution in [-0.2, 0) is 27.3 Å². The standard InChI is InChI=1S/C37H39NO4/c1-40-36(39)37(24-12-23-34(37)38-35(31-18-7-3-8-19-31)32-20-9-4-10-21-32)28-41-25-13-17-29-16-11-22-33(26-29)42-27-30-14-5-2-6-15-30/h2-11,14-16,18-22,26,34H,12-13,17,23-25,27-28H2,1H3/t34?,37-/m1/s1. The van der Waals surface area contributed by atoms with Gasteiger partial charge in [0, 0.05) is 17.7 Å². The first-order valence-corrected chi connectivity index (χ1v) is 14.8. The van der Waals surface area contributed by atoms with Crippen molar-refractivity contribution < 1.29 is 19.0 Å². The average molecular weight is 562 g/mol. The number of carbonyl (C=O) groups is 1. The van der Waals surface area contributed by atoms with Crippen molar-refractivity contribution in [2.24, 2.45) is 10.4 Å². The molecule has 4 aromatic carbocycles. The number of aliphatic imine (C=N–C) groups is 1. The van der Waals surface area contributed by atoms with Gasteiger partial charge in [0.25, 0.3) is 0 Å². The maximum atomic E-state index is 13.3. The minimum Gasteiger partial charge on any atom is -0.489 e. The van der Waals surface area contributed by atoms with Gasteiger partial charge in [0.1, 0.15) is 17.8 Å². The molecular weight excluding hydrogens is 522 g/mol. The second-order valence-electron chi connectivity index (χ2n) is 10.8. The fourth-order valence-electron chi connectivity index (χ4n) is 5.74. The Kier molecular flexibility index (Phi) is 10.2. The Labute approximate surface area is 249 Å². The molecule has 5 rings (SSSR count). The summed E-state index contributed by atoms with van der Waals surface area (Å²) in [6.07, 6.45) is 4.12. The zero-order chi connectivity index (χ0) is 29.0. The van der Waals surface area contributed by atoms with Crippen molar-refractivity contribution in [3.63, 3.8) is 0 Å². The van der Waals surface area contributed by atoms with E-state index in [0.29, 0.717) is 26.2 Å². The van der Waals surface area contributed by atoms with Crippen molar-refractivity contribution >= 4 is 11.7 Å². The third-order valence-electron chi connectivity index (χ3n) is 7.97. The minimum atomic E-state index is -0.797. The largest absolute Gasteiger partial charge is 0.489 e. The number of hydrogen-bond donors (Lipinski definition) is 0. The molecule has 1 saturated carbocycles. The lowest BCUT2D eigenvalue weighted by Crippen LogP contribution is -2.43.